The van der Waals surface area contributed by atoms with Gasteiger partial charge in [-0.25, -0.2) is 4.79 Å². The predicted octanol–water partition coefficient (Wildman–Crippen LogP) is 2.68. The number of Topliss-reactive ketones (excluding diaryl/α,β-unsaturated/α-hetero) is 1. The highest BCUT2D eigenvalue weighted by Crippen LogP contribution is 2.30. The van der Waals surface area contributed by atoms with Crippen molar-refractivity contribution in [3.63, 3.8) is 0 Å². The van der Waals surface area contributed by atoms with E-state index in [0.717, 1.165) is 9.37 Å². The lowest BCUT2D eigenvalue weighted by atomic mass is 10.3. The molecular weight excluding hydrogens is 320 g/mol. The molecule has 0 amide bonds. The molecule has 18 heavy (non-hydrogen) atoms. The SMILES string of the molecule is CCOC(=O)C(=O)CSc1ccc(Br)c(OC)c1. The molecule has 0 aromatic heterocycles. The summed E-state index contributed by atoms with van der Waals surface area (Å²) in [5, 5.41) is 0. The van der Waals surface area contributed by atoms with Crippen molar-refractivity contribution in [2.24, 2.45) is 0 Å². The van der Waals surface area contributed by atoms with Crippen LogP contribution in [-0.4, -0.2) is 31.2 Å². The lowest BCUT2D eigenvalue weighted by Gasteiger charge is -2.06. The molecule has 0 N–H and O–H groups in total. The van der Waals surface area contributed by atoms with Gasteiger partial charge >= 0.3 is 5.97 Å². The molecule has 0 atom stereocenters. The van der Waals surface area contributed by atoms with Crippen LogP contribution in [-0.2, 0) is 14.3 Å². The fraction of sp³-hybridized carbons (Fsp3) is 0.333. The minimum absolute atomic E-state index is 0.0591. The molecule has 0 saturated heterocycles. The van der Waals surface area contributed by atoms with Crippen LogP contribution < -0.4 is 4.74 Å². The van der Waals surface area contributed by atoms with Crippen molar-refractivity contribution in [2.45, 2.75) is 11.8 Å². The second kappa shape index (κ2) is 7.43. The van der Waals surface area contributed by atoms with Crippen LogP contribution in [0.2, 0.25) is 0 Å². The lowest BCUT2D eigenvalue weighted by Crippen LogP contribution is -2.19. The van der Waals surface area contributed by atoms with E-state index in [1.165, 1.54) is 11.8 Å². The molecule has 0 radical (unpaired) electrons. The van der Waals surface area contributed by atoms with Gasteiger partial charge in [-0.15, -0.1) is 11.8 Å². The average molecular weight is 333 g/mol. The Morgan fingerprint density at radius 3 is 2.72 bits per heavy atom. The highest BCUT2D eigenvalue weighted by molar-refractivity contribution is 9.10. The average Bonchev–Trinajstić information content (AvgIpc) is 2.37. The van der Waals surface area contributed by atoms with Gasteiger partial charge in [0, 0.05) is 4.90 Å². The topological polar surface area (TPSA) is 52.6 Å². The second-order valence-electron chi connectivity index (χ2n) is 3.23. The highest BCUT2D eigenvalue weighted by Gasteiger charge is 2.15. The number of hydrogen-bond donors (Lipinski definition) is 0. The summed E-state index contributed by atoms with van der Waals surface area (Å²) in [4.78, 5) is 23.4. The van der Waals surface area contributed by atoms with Gasteiger partial charge in [0.15, 0.2) is 0 Å². The molecule has 0 aliphatic heterocycles. The van der Waals surface area contributed by atoms with E-state index in [9.17, 15) is 9.59 Å². The zero-order valence-electron chi connectivity index (χ0n) is 10.1. The number of rotatable bonds is 6. The van der Waals surface area contributed by atoms with E-state index in [4.69, 9.17) is 4.74 Å². The van der Waals surface area contributed by atoms with E-state index in [2.05, 4.69) is 20.7 Å². The van der Waals surface area contributed by atoms with Gasteiger partial charge in [0.1, 0.15) is 5.75 Å². The van der Waals surface area contributed by atoms with Crippen LogP contribution in [0.4, 0.5) is 0 Å². The van der Waals surface area contributed by atoms with Crippen LogP contribution in [0.15, 0.2) is 27.6 Å². The van der Waals surface area contributed by atoms with Crippen LogP contribution in [0.25, 0.3) is 0 Å². The molecule has 1 aromatic carbocycles. The van der Waals surface area contributed by atoms with Crippen molar-refractivity contribution >= 4 is 39.4 Å². The molecule has 0 aliphatic carbocycles. The molecule has 1 aromatic rings. The Balaban J connectivity index is 2.58. The molecule has 1 rings (SSSR count). The third-order valence-corrected chi connectivity index (χ3v) is 3.64. The van der Waals surface area contributed by atoms with Gasteiger partial charge in [0.05, 0.1) is 23.9 Å². The number of hydrogen-bond acceptors (Lipinski definition) is 5. The first-order valence-corrected chi connectivity index (χ1v) is 7.02. The van der Waals surface area contributed by atoms with Crippen molar-refractivity contribution in [2.75, 3.05) is 19.5 Å². The fourth-order valence-electron chi connectivity index (χ4n) is 1.15. The molecule has 0 saturated carbocycles. The van der Waals surface area contributed by atoms with Gasteiger partial charge in [-0.2, -0.15) is 0 Å². The van der Waals surface area contributed by atoms with Crippen LogP contribution in [0.3, 0.4) is 0 Å². The molecule has 0 unspecified atom stereocenters. The fourth-order valence-corrected chi connectivity index (χ4v) is 2.33. The normalized spacial score (nSPS) is 9.94. The summed E-state index contributed by atoms with van der Waals surface area (Å²) in [7, 11) is 1.57. The van der Waals surface area contributed by atoms with E-state index < -0.39 is 11.8 Å². The Labute approximate surface area is 118 Å². The van der Waals surface area contributed by atoms with Crippen molar-refractivity contribution in [1.82, 2.24) is 0 Å². The van der Waals surface area contributed by atoms with Crippen LogP contribution in [0.5, 0.6) is 5.75 Å². The first kappa shape index (κ1) is 15.0. The predicted molar refractivity (Wildman–Crippen MR) is 73.1 cm³/mol. The standard InChI is InChI=1S/C12H13BrO4S/c1-3-17-12(15)10(14)7-18-8-4-5-9(13)11(6-8)16-2/h4-6H,3,7H2,1-2H3. The van der Waals surface area contributed by atoms with Gasteiger partial charge in [0.2, 0.25) is 5.78 Å². The first-order valence-electron chi connectivity index (χ1n) is 5.24. The first-order chi connectivity index (χ1) is 8.58. The molecule has 0 aliphatic rings. The third-order valence-electron chi connectivity index (χ3n) is 2.00. The smallest absolute Gasteiger partial charge is 0.375 e. The van der Waals surface area contributed by atoms with Gasteiger partial charge in [-0.3, -0.25) is 4.79 Å². The molecule has 4 nitrogen and oxygen atoms in total. The maximum atomic E-state index is 11.4. The molecule has 0 heterocycles. The maximum Gasteiger partial charge on any atom is 0.375 e. The molecule has 0 bridgehead atoms. The molecule has 0 spiro atoms. The molecule has 0 fully saturated rings. The lowest BCUT2D eigenvalue weighted by molar-refractivity contribution is -0.152. The number of benzene rings is 1. The van der Waals surface area contributed by atoms with E-state index >= 15 is 0 Å². The van der Waals surface area contributed by atoms with Gasteiger partial charge in [-0.1, -0.05) is 0 Å². The number of halogens is 1. The summed E-state index contributed by atoms with van der Waals surface area (Å²) in [5.41, 5.74) is 0. The monoisotopic (exact) mass is 332 g/mol. The number of thioether (sulfide) groups is 1. The summed E-state index contributed by atoms with van der Waals surface area (Å²) >= 11 is 4.61. The largest absolute Gasteiger partial charge is 0.496 e. The molecule has 98 valence electrons. The summed E-state index contributed by atoms with van der Waals surface area (Å²) in [6.07, 6.45) is 0. The van der Waals surface area contributed by atoms with Crippen molar-refractivity contribution in [3.8, 4) is 5.75 Å². The summed E-state index contributed by atoms with van der Waals surface area (Å²) in [6, 6.07) is 5.47. The van der Waals surface area contributed by atoms with Crippen molar-refractivity contribution in [3.05, 3.63) is 22.7 Å². The number of methoxy groups -OCH3 is 1. The Morgan fingerprint density at radius 1 is 1.39 bits per heavy atom. The quantitative estimate of drug-likeness (QED) is 0.455. The number of carbonyl (C=O) groups is 2. The van der Waals surface area contributed by atoms with Crippen LogP contribution in [0.1, 0.15) is 6.92 Å². The van der Waals surface area contributed by atoms with Crippen LogP contribution >= 0.6 is 27.7 Å². The van der Waals surface area contributed by atoms with Gasteiger partial charge in [-0.05, 0) is 41.1 Å². The van der Waals surface area contributed by atoms with Gasteiger partial charge in [0.25, 0.3) is 0 Å². The Bertz CT molecular complexity index is 448. The van der Waals surface area contributed by atoms with Crippen molar-refractivity contribution in [1.29, 1.82) is 0 Å². The van der Waals surface area contributed by atoms with E-state index in [1.807, 2.05) is 12.1 Å². The van der Waals surface area contributed by atoms with Gasteiger partial charge < -0.3 is 9.47 Å². The Kier molecular flexibility index (Phi) is 6.21. The third kappa shape index (κ3) is 4.34. The molecule has 6 heteroatoms. The van der Waals surface area contributed by atoms with E-state index in [-0.39, 0.29) is 12.4 Å². The Morgan fingerprint density at radius 2 is 2.11 bits per heavy atom. The van der Waals surface area contributed by atoms with E-state index in [1.54, 1.807) is 20.1 Å². The van der Waals surface area contributed by atoms with E-state index in [0.29, 0.717) is 5.75 Å². The molecular formula is C12H13BrO4S. The summed E-state index contributed by atoms with van der Waals surface area (Å²) < 4.78 is 10.6. The number of esters is 1. The minimum atomic E-state index is -0.783. The summed E-state index contributed by atoms with van der Waals surface area (Å²) in [6.45, 7) is 1.87. The minimum Gasteiger partial charge on any atom is -0.496 e. The Hall–Kier alpha value is -1.01. The number of ketones is 1. The second-order valence-corrected chi connectivity index (χ2v) is 5.13. The number of carbonyl (C=O) groups excluding carboxylic acids is 2. The van der Waals surface area contributed by atoms with Crippen molar-refractivity contribution < 1.29 is 19.1 Å². The number of ether oxygens (including phenoxy) is 2. The maximum absolute atomic E-state index is 11.4. The summed E-state index contributed by atoms with van der Waals surface area (Å²) in [5.74, 6) is -0.578. The highest BCUT2D eigenvalue weighted by atomic mass is 79.9. The zero-order chi connectivity index (χ0) is 13.5. The van der Waals surface area contributed by atoms with Crippen LogP contribution in [0, 0.1) is 0 Å². The zero-order valence-corrected chi connectivity index (χ0v) is 12.5.